The van der Waals surface area contributed by atoms with E-state index in [1.807, 2.05) is 0 Å². The fourth-order valence-electron chi connectivity index (χ4n) is 3.26. The van der Waals surface area contributed by atoms with Crippen molar-refractivity contribution in [3.8, 4) is 5.69 Å². The number of nitrogens with zero attached hydrogens (tertiary/aromatic N) is 4. The minimum absolute atomic E-state index is 0.329. The molecule has 0 saturated carbocycles. The van der Waals surface area contributed by atoms with Crippen molar-refractivity contribution in [2.45, 2.75) is 32.1 Å². The SMILES string of the molecule is Fc1ccccc1-n1ncc2c(NCCC3=CCCCC3)ncnc21. The molecule has 0 saturated heterocycles. The Labute approximate surface area is 145 Å². The smallest absolute Gasteiger partial charge is 0.168 e. The van der Waals surface area contributed by atoms with Gasteiger partial charge in [0.15, 0.2) is 5.65 Å². The van der Waals surface area contributed by atoms with Crippen molar-refractivity contribution in [2.24, 2.45) is 0 Å². The molecule has 1 aliphatic rings. The second kappa shape index (κ2) is 7.01. The summed E-state index contributed by atoms with van der Waals surface area (Å²) in [6.07, 6.45) is 11.5. The molecule has 0 spiro atoms. The zero-order valence-corrected chi connectivity index (χ0v) is 14.0. The van der Waals surface area contributed by atoms with Gasteiger partial charge in [0.2, 0.25) is 0 Å². The van der Waals surface area contributed by atoms with Crippen molar-refractivity contribution in [1.29, 1.82) is 0 Å². The molecule has 1 aliphatic carbocycles. The second-order valence-electron chi connectivity index (χ2n) is 6.25. The summed E-state index contributed by atoms with van der Waals surface area (Å²) in [6, 6.07) is 6.55. The maximum Gasteiger partial charge on any atom is 0.168 e. The zero-order valence-electron chi connectivity index (χ0n) is 14.0. The Morgan fingerprint density at radius 1 is 1.16 bits per heavy atom. The van der Waals surface area contributed by atoms with E-state index in [0.29, 0.717) is 11.3 Å². The third kappa shape index (κ3) is 3.24. The van der Waals surface area contributed by atoms with E-state index in [1.165, 1.54) is 48.3 Å². The molecule has 128 valence electrons. The Kier molecular flexibility index (Phi) is 4.41. The maximum absolute atomic E-state index is 14.1. The molecule has 2 heterocycles. The molecular formula is C19H20FN5. The van der Waals surface area contributed by atoms with Gasteiger partial charge in [0.1, 0.15) is 23.6 Å². The number of para-hydroxylation sites is 1. The van der Waals surface area contributed by atoms with E-state index in [4.69, 9.17) is 0 Å². The van der Waals surface area contributed by atoms with Crippen LogP contribution < -0.4 is 5.32 Å². The summed E-state index contributed by atoms with van der Waals surface area (Å²) in [4.78, 5) is 8.62. The van der Waals surface area contributed by atoms with Gasteiger partial charge in [-0.15, -0.1) is 0 Å². The predicted octanol–water partition coefficient (Wildman–Crippen LogP) is 4.26. The normalized spacial score (nSPS) is 14.5. The van der Waals surface area contributed by atoms with Crippen molar-refractivity contribution < 1.29 is 4.39 Å². The molecule has 1 aromatic carbocycles. The highest BCUT2D eigenvalue weighted by Gasteiger charge is 2.13. The Morgan fingerprint density at radius 2 is 2.08 bits per heavy atom. The highest BCUT2D eigenvalue weighted by molar-refractivity contribution is 5.87. The van der Waals surface area contributed by atoms with Crippen molar-refractivity contribution in [2.75, 3.05) is 11.9 Å². The summed E-state index contributed by atoms with van der Waals surface area (Å²) >= 11 is 0. The van der Waals surface area contributed by atoms with Gasteiger partial charge in [-0.1, -0.05) is 23.8 Å². The van der Waals surface area contributed by atoms with E-state index >= 15 is 0 Å². The van der Waals surface area contributed by atoms with Gasteiger partial charge in [0.05, 0.1) is 11.6 Å². The first-order chi connectivity index (χ1) is 12.3. The van der Waals surface area contributed by atoms with Crippen LogP contribution in [0.5, 0.6) is 0 Å². The van der Waals surface area contributed by atoms with Gasteiger partial charge in [0, 0.05) is 6.54 Å². The van der Waals surface area contributed by atoms with Crippen LogP contribution >= 0.6 is 0 Å². The van der Waals surface area contributed by atoms with Gasteiger partial charge >= 0.3 is 0 Å². The highest BCUT2D eigenvalue weighted by atomic mass is 19.1. The third-order valence-corrected chi connectivity index (χ3v) is 4.57. The van der Waals surface area contributed by atoms with Crippen LogP contribution in [0, 0.1) is 5.82 Å². The molecular weight excluding hydrogens is 317 g/mol. The van der Waals surface area contributed by atoms with Gasteiger partial charge < -0.3 is 5.32 Å². The second-order valence-corrected chi connectivity index (χ2v) is 6.25. The van der Waals surface area contributed by atoms with E-state index in [9.17, 15) is 4.39 Å². The van der Waals surface area contributed by atoms with Crippen LogP contribution in [0.25, 0.3) is 16.7 Å². The lowest BCUT2D eigenvalue weighted by Gasteiger charge is -2.13. The van der Waals surface area contributed by atoms with Crippen LogP contribution in [0.4, 0.5) is 10.2 Å². The molecule has 0 amide bonds. The Bertz CT molecular complexity index is 915. The standard InChI is InChI=1S/C19H20FN5/c20-16-8-4-5-9-17(16)25-19-15(12-24-25)18(22-13-23-19)21-11-10-14-6-2-1-3-7-14/h4-6,8-9,12-13H,1-3,7,10-11H2,(H,21,22,23). The van der Waals surface area contributed by atoms with Crippen molar-refractivity contribution in [3.05, 3.63) is 54.3 Å². The first-order valence-corrected chi connectivity index (χ1v) is 8.68. The number of hydrogen-bond donors (Lipinski definition) is 1. The zero-order chi connectivity index (χ0) is 17.1. The van der Waals surface area contributed by atoms with E-state index in [0.717, 1.165) is 24.2 Å². The summed E-state index contributed by atoms with van der Waals surface area (Å²) in [5.41, 5.74) is 2.50. The molecule has 0 atom stereocenters. The molecule has 4 rings (SSSR count). The number of rotatable bonds is 5. The Balaban J connectivity index is 1.57. The topological polar surface area (TPSA) is 55.6 Å². The summed E-state index contributed by atoms with van der Waals surface area (Å²) < 4.78 is 15.6. The quantitative estimate of drug-likeness (QED) is 0.707. The number of hydrogen-bond acceptors (Lipinski definition) is 4. The molecule has 0 bridgehead atoms. The predicted molar refractivity (Wildman–Crippen MR) is 96.3 cm³/mol. The largest absolute Gasteiger partial charge is 0.369 e. The summed E-state index contributed by atoms with van der Waals surface area (Å²) in [7, 11) is 0. The lowest BCUT2D eigenvalue weighted by Crippen LogP contribution is -2.07. The van der Waals surface area contributed by atoms with Gasteiger partial charge in [0.25, 0.3) is 0 Å². The summed E-state index contributed by atoms with van der Waals surface area (Å²) in [6.45, 7) is 0.822. The molecule has 3 aromatic rings. The van der Waals surface area contributed by atoms with Crippen LogP contribution in [-0.4, -0.2) is 26.3 Å². The molecule has 0 aliphatic heterocycles. The van der Waals surface area contributed by atoms with E-state index in [1.54, 1.807) is 24.4 Å². The fourth-order valence-corrected chi connectivity index (χ4v) is 3.26. The van der Waals surface area contributed by atoms with Crippen LogP contribution in [0.1, 0.15) is 32.1 Å². The molecule has 0 unspecified atom stereocenters. The molecule has 25 heavy (non-hydrogen) atoms. The first-order valence-electron chi connectivity index (χ1n) is 8.68. The number of nitrogens with one attached hydrogen (secondary N) is 1. The maximum atomic E-state index is 14.1. The molecule has 5 nitrogen and oxygen atoms in total. The van der Waals surface area contributed by atoms with Crippen molar-refractivity contribution >= 4 is 16.9 Å². The molecule has 2 aromatic heterocycles. The molecule has 1 N–H and O–H groups in total. The first kappa shape index (κ1) is 15.7. The van der Waals surface area contributed by atoms with Crippen LogP contribution in [0.3, 0.4) is 0 Å². The lowest BCUT2D eigenvalue weighted by molar-refractivity contribution is 0.612. The van der Waals surface area contributed by atoms with Crippen LogP contribution in [0.2, 0.25) is 0 Å². The number of benzene rings is 1. The van der Waals surface area contributed by atoms with E-state index in [-0.39, 0.29) is 5.82 Å². The number of fused-ring (bicyclic) bond motifs is 1. The highest BCUT2D eigenvalue weighted by Crippen LogP contribution is 2.24. The monoisotopic (exact) mass is 337 g/mol. The van der Waals surface area contributed by atoms with E-state index < -0.39 is 0 Å². The average molecular weight is 337 g/mol. The summed E-state index contributed by atoms with van der Waals surface area (Å²) in [5.74, 6) is 0.411. The Morgan fingerprint density at radius 3 is 2.92 bits per heavy atom. The number of halogens is 1. The number of allylic oxidation sites excluding steroid dienone is 1. The number of anilines is 1. The van der Waals surface area contributed by atoms with Gasteiger partial charge in [-0.25, -0.2) is 19.0 Å². The fraction of sp³-hybridized carbons (Fsp3) is 0.316. The van der Waals surface area contributed by atoms with Gasteiger partial charge in [-0.2, -0.15) is 5.10 Å². The minimum Gasteiger partial charge on any atom is -0.369 e. The van der Waals surface area contributed by atoms with Gasteiger partial charge in [-0.05, 0) is 44.2 Å². The minimum atomic E-state index is -0.329. The van der Waals surface area contributed by atoms with Crippen molar-refractivity contribution in [1.82, 2.24) is 19.7 Å². The molecule has 0 fully saturated rings. The van der Waals surface area contributed by atoms with Crippen LogP contribution in [0.15, 0.2) is 48.4 Å². The Hall–Kier alpha value is -2.76. The van der Waals surface area contributed by atoms with Gasteiger partial charge in [-0.3, -0.25) is 0 Å². The average Bonchev–Trinajstić information content (AvgIpc) is 3.08. The summed E-state index contributed by atoms with van der Waals surface area (Å²) in [5, 5.41) is 8.48. The third-order valence-electron chi connectivity index (χ3n) is 4.57. The van der Waals surface area contributed by atoms with Crippen molar-refractivity contribution in [3.63, 3.8) is 0 Å². The van der Waals surface area contributed by atoms with E-state index in [2.05, 4.69) is 26.5 Å². The lowest BCUT2D eigenvalue weighted by atomic mass is 9.97. The molecule has 0 radical (unpaired) electrons. The molecule has 6 heteroatoms. The number of aromatic nitrogens is 4. The van der Waals surface area contributed by atoms with Crippen LogP contribution in [-0.2, 0) is 0 Å².